The second kappa shape index (κ2) is 5.26. The molecule has 0 N–H and O–H groups in total. The molecule has 0 fully saturated rings. The van der Waals surface area contributed by atoms with Crippen LogP contribution < -0.4 is 0 Å². The van der Waals surface area contributed by atoms with Gasteiger partial charge in [-0.3, -0.25) is 20.2 Å². The Morgan fingerprint density at radius 3 is 1.47 bits per heavy atom. The van der Waals surface area contributed by atoms with Gasteiger partial charge >= 0.3 is 0 Å². The minimum absolute atomic E-state index is 0.0827. The Hall–Kier alpha value is -2.76. The van der Waals surface area contributed by atoms with Crippen LogP contribution in [0.3, 0.4) is 0 Å². The van der Waals surface area contributed by atoms with Crippen molar-refractivity contribution in [3.8, 4) is 0 Å². The first-order valence-electron chi connectivity index (χ1n) is 5.41. The normalized spacial score (nSPS) is 10.1. The van der Waals surface area contributed by atoms with Crippen molar-refractivity contribution in [1.82, 2.24) is 0 Å². The van der Waals surface area contributed by atoms with Crippen LogP contribution in [0.2, 0.25) is 0 Å². The zero-order valence-electron chi connectivity index (χ0n) is 9.72. The van der Waals surface area contributed by atoms with Gasteiger partial charge in [0.2, 0.25) is 0 Å². The van der Waals surface area contributed by atoms with E-state index in [1.54, 1.807) is 36.4 Å². The topological polar surface area (TPSA) is 86.3 Å². The highest BCUT2D eigenvalue weighted by Crippen LogP contribution is 2.27. The molecule has 1 radical (unpaired) electrons. The van der Waals surface area contributed by atoms with Crippen molar-refractivity contribution in [1.29, 1.82) is 0 Å². The molecule has 0 aliphatic heterocycles. The Kier molecular flexibility index (Phi) is 3.51. The quantitative estimate of drug-likeness (QED) is 0.622. The van der Waals surface area contributed by atoms with Gasteiger partial charge in [0.1, 0.15) is 0 Å². The summed E-state index contributed by atoms with van der Waals surface area (Å²) in [6.45, 7) is 0. The molecule has 0 bridgehead atoms. The first-order chi connectivity index (χ1) is 9.09. The van der Waals surface area contributed by atoms with Crippen LogP contribution in [0.1, 0.15) is 11.1 Å². The van der Waals surface area contributed by atoms with Gasteiger partial charge in [0.25, 0.3) is 11.4 Å². The number of nitro groups is 2. The number of benzene rings is 2. The fourth-order valence-electron chi connectivity index (χ4n) is 1.72. The number of hydrogen-bond acceptors (Lipinski definition) is 4. The van der Waals surface area contributed by atoms with Crippen LogP contribution in [-0.4, -0.2) is 9.85 Å². The van der Waals surface area contributed by atoms with Crippen molar-refractivity contribution < 1.29 is 9.85 Å². The van der Waals surface area contributed by atoms with Crippen molar-refractivity contribution >= 4 is 11.4 Å². The van der Waals surface area contributed by atoms with E-state index in [2.05, 4.69) is 0 Å². The number of nitrogens with zero attached hydrogens (tertiary/aromatic N) is 2. The van der Waals surface area contributed by atoms with Gasteiger partial charge < -0.3 is 0 Å². The van der Waals surface area contributed by atoms with Crippen LogP contribution in [0.5, 0.6) is 0 Å². The molecule has 0 aromatic heterocycles. The molecule has 6 nitrogen and oxygen atoms in total. The zero-order valence-corrected chi connectivity index (χ0v) is 9.72. The van der Waals surface area contributed by atoms with E-state index in [0.717, 1.165) is 0 Å². The van der Waals surface area contributed by atoms with Gasteiger partial charge in [-0.2, -0.15) is 0 Å². The van der Waals surface area contributed by atoms with Gasteiger partial charge in [-0.25, -0.2) is 0 Å². The van der Waals surface area contributed by atoms with Crippen molar-refractivity contribution in [2.24, 2.45) is 0 Å². The Labute approximate surface area is 108 Å². The zero-order chi connectivity index (χ0) is 13.8. The third-order valence-electron chi connectivity index (χ3n) is 2.58. The Morgan fingerprint density at radius 2 is 1.11 bits per heavy atom. The molecule has 2 aromatic rings. The van der Waals surface area contributed by atoms with Crippen molar-refractivity contribution in [3.05, 3.63) is 86.3 Å². The molecular weight excluding hydrogens is 248 g/mol. The van der Waals surface area contributed by atoms with Crippen molar-refractivity contribution in [2.75, 3.05) is 0 Å². The van der Waals surface area contributed by atoms with Crippen molar-refractivity contribution in [3.63, 3.8) is 0 Å². The lowest BCUT2D eigenvalue weighted by atomic mass is 10.0. The lowest BCUT2D eigenvalue weighted by Crippen LogP contribution is -1.98. The van der Waals surface area contributed by atoms with Crippen LogP contribution in [0.15, 0.2) is 48.5 Å². The van der Waals surface area contributed by atoms with E-state index in [1.807, 2.05) is 0 Å². The molecule has 0 unspecified atom stereocenters. The summed E-state index contributed by atoms with van der Waals surface area (Å²) in [5, 5.41) is 21.8. The van der Waals surface area contributed by atoms with Gasteiger partial charge in [0.05, 0.1) is 9.85 Å². The van der Waals surface area contributed by atoms with Crippen LogP contribution in [0, 0.1) is 26.6 Å². The summed E-state index contributed by atoms with van der Waals surface area (Å²) in [6.07, 6.45) is 1.44. The number of nitro benzene ring substituents is 2. The lowest BCUT2D eigenvalue weighted by Gasteiger charge is -2.03. The van der Waals surface area contributed by atoms with Crippen LogP contribution >= 0.6 is 0 Å². The molecule has 0 heterocycles. The maximum atomic E-state index is 10.9. The summed E-state index contributed by atoms with van der Waals surface area (Å²) in [6, 6.07) is 12.2. The molecule has 19 heavy (non-hydrogen) atoms. The highest BCUT2D eigenvalue weighted by atomic mass is 16.6. The van der Waals surface area contributed by atoms with E-state index in [1.165, 1.54) is 18.6 Å². The van der Waals surface area contributed by atoms with E-state index in [0.29, 0.717) is 11.1 Å². The smallest absolute Gasteiger partial charge is 0.258 e. The molecule has 95 valence electrons. The SMILES string of the molecule is O=[N+]([O-])c1ccccc1[CH]c1ccccc1[N+](=O)[O-]. The van der Waals surface area contributed by atoms with Gasteiger partial charge in [0, 0.05) is 29.7 Å². The predicted octanol–water partition coefficient (Wildman–Crippen LogP) is 3.10. The van der Waals surface area contributed by atoms with Crippen molar-refractivity contribution in [2.45, 2.75) is 0 Å². The third-order valence-corrected chi connectivity index (χ3v) is 2.58. The number of rotatable bonds is 4. The summed E-state index contributed by atoms with van der Waals surface area (Å²) in [7, 11) is 0. The average Bonchev–Trinajstić information content (AvgIpc) is 2.39. The molecule has 0 saturated heterocycles. The third kappa shape index (κ3) is 2.74. The minimum Gasteiger partial charge on any atom is -0.258 e. The van der Waals surface area contributed by atoms with Crippen LogP contribution in [0.25, 0.3) is 0 Å². The highest BCUT2D eigenvalue weighted by Gasteiger charge is 2.18. The first-order valence-corrected chi connectivity index (χ1v) is 5.41. The standard InChI is InChI=1S/C13H9N2O4/c16-14(17)12-7-3-1-5-10(12)9-11-6-2-4-8-13(11)15(18)19/h1-9H. The fourth-order valence-corrected chi connectivity index (χ4v) is 1.72. The molecule has 2 aromatic carbocycles. The summed E-state index contributed by atoms with van der Waals surface area (Å²) >= 11 is 0. The van der Waals surface area contributed by atoms with Gasteiger partial charge in [-0.05, 0) is 0 Å². The van der Waals surface area contributed by atoms with Gasteiger partial charge in [-0.15, -0.1) is 0 Å². The molecule has 6 heteroatoms. The predicted molar refractivity (Wildman–Crippen MR) is 68.7 cm³/mol. The summed E-state index contributed by atoms with van der Waals surface area (Å²) in [5.41, 5.74) is 0.505. The minimum atomic E-state index is -0.513. The van der Waals surface area contributed by atoms with Crippen LogP contribution in [0.4, 0.5) is 11.4 Å². The van der Waals surface area contributed by atoms with E-state index in [9.17, 15) is 20.2 Å². The monoisotopic (exact) mass is 257 g/mol. The van der Waals surface area contributed by atoms with E-state index in [-0.39, 0.29) is 11.4 Å². The largest absolute Gasteiger partial charge is 0.273 e. The molecule has 0 aliphatic rings. The lowest BCUT2D eigenvalue weighted by molar-refractivity contribution is -0.386. The Morgan fingerprint density at radius 1 is 0.737 bits per heavy atom. The Balaban J connectivity index is 2.42. The maximum absolute atomic E-state index is 10.9. The summed E-state index contributed by atoms with van der Waals surface area (Å²) in [5.74, 6) is 0. The molecule has 2 rings (SSSR count). The second-order valence-corrected chi connectivity index (χ2v) is 3.78. The number of para-hydroxylation sites is 2. The molecule has 0 saturated carbocycles. The molecule has 0 atom stereocenters. The maximum Gasteiger partial charge on any atom is 0.273 e. The second-order valence-electron chi connectivity index (χ2n) is 3.78. The first kappa shape index (κ1) is 12.7. The van der Waals surface area contributed by atoms with Gasteiger partial charge in [-0.1, -0.05) is 36.4 Å². The average molecular weight is 257 g/mol. The van der Waals surface area contributed by atoms with E-state index < -0.39 is 9.85 Å². The highest BCUT2D eigenvalue weighted by molar-refractivity contribution is 5.55. The molecular formula is C13H9N2O4. The van der Waals surface area contributed by atoms with E-state index in [4.69, 9.17) is 0 Å². The molecule has 0 aliphatic carbocycles. The molecule has 0 spiro atoms. The Bertz CT molecular complexity index is 585. The summed E-state index contributed by atoms with van der Waals surface area (Å²) in [4.78, 5) is 20.7. The van der Waals surface area contributed by atoms with Crippen LogP contribution in [-0.2, 0) is 0 Å². The molecule has 0 amide bonds. The summed E-state index contributed by atoms with van der Waals surface area (Å²) < 4.78 is 0. The number of hydrogen-bond donors (Lipinski definition) is 0. The van der Waals surface area contributed by atoms with Gasteiger partial charge in [0.15, 0.2) is 0 Å². The fraction of sp³-hybridized carbons (Fsp3) is 0. The van der Waals surface area contributed by atoms with E-state index >= 15 is 0 Å².